The van der Waals surface area contributed by atoms with Crippen molar-refractivity contribution in [3.63, 3.8) is 0 Å². The van der Waals surface area contributed by atoms with Crippen LogP contribution in [0.15, 0.2) is 36.4 Å². The Morgan fingerprint density at radius 2 is 1.88 bits per heavy atom. The van der Waals surface area contributed by atoms with Gasteiger partial charge >= 0.3 is 0 Å². The lowest BCUT2D eigenvalue weighted by Crippen LogP contribution is -2.54. The second-order valence-corrected chi connectivity index (χ2v) is 7.09. The Labute approximate surface area is 144 Å². The molecule has 2 heterocycles. The van der Waals surface area contributed by atoms with Crippen molar-refractivity contribution in [3.8, 4) is 5.75 Å². The molecule has 2 nitrogen and oxygen atoms in total. The number of benzene rings is 2. The molecule has 4 rings (SSSR count). The molecule has 24 heavy (non-hydrogen) atoms. The lowest BCUT2D eigenvalue weighted by molar-refractivity contribution is 0.0887. The molecule has 0 unspecified atom stereocenters. The topological polar surface area (TPSA) is 21.3 Å². The lowest BCUT2D eigenvalue weighted by atomic mass is 9.62. The largest absolute Gasteiger partial charge is 0.490 e. The maximum atomic E-state index is 14.7. The van der Waals surface area contributed by atoms with Crippen LogP contribution in [0.1, 0.15) is 17.5 Å². The number of hydrogen-bond acceptors (Lipinski definition) is 2. The fraction of sp³-hybridized carbons (Fsp3) is 0.368. The molecule has 0 spiro atoms. The quantitative estimate of drug-likeness (QED) is 0.881. The number of nitrogens with one attached hydrogen (secondary N) is 1. The van der Waals surface area contributed by atoms with E-state index in [4.69, 9.17) is 16.3 Å². The molecule has 0 aromatic heterocycles. The Kier molecular flexibility index (Phi) is 3.97. The van der Waals surface area contributed by atoms with Crippen molar-refractivity contribution in [2.24, 2.45) is 5.92 Å². The lowest BCUT2D eigenvalue weighted by Gasteiger charge is -2.48. The van der Waals surface area contributed by atoms with Crippen LogP contribution in [-0.2, 0) is 11.8 Å². The van der Waals surface area contributed by atoms with Crippen LogP contribution in [0.5, 0.6) is 5.75 Å². The first-order chi connectivity index (χ1) is 11.6. The summed E-state index contributed by atoms with van der Waals surface area (Å²) < 4.78 is 34.6. The average Bonchev–Trinajstić information content (AvgIpc) is 2.59. The van der Waals surface area contributed by atoms with Gasteiger partial charge in [0, 0.05) is 28.5 Å². The van der Waals surface area contributed by atoms with E-state index >= 15 is 0 Å². The molecule has 0 aliphatic carbocycles. The van der Waals surface area contributed by atoms with Crippen LogP contribution in [0.2, 0.25) is 5.02 Å². The Morgan fingerprint density at radius 3 is 2.67 bits per heavy atom. The Morgan fingerprint density at radius 1 is 1.12 bits per heavy atom. The third kappa shape index (κ3) is 2.49. The molecule has 1 fully saturated rings. The van der Waals surface area contributed by atoms with E-state index in [0.29, 0.717) is 23.6 Å². The van der Waals surface area contributed by atoms with Crippen molar-refractivity contribution < 1.29 is 13.5 Å². The van der Waals surface area contributed by atoms with Crippen LogP contribution >= 0.6 is 11.6 Å². The van der Waals surface area contributed by atoms with Crippen molar-refractivity contribution >= 4 is 11.6 Å². The number of piperidine rings is 1. The molecule has 2 atom stereocenters. The van der Waals surface area contributed by atoms with E-state index in [1.165, 1.54) is 6.07 Å². The Balaban J connectivity index is 1.85. The van der Waals surface area contributed by atoms with Gasteiger partial charge in [0.15, 0.2) is 11.6 Å². The standard InChI is InChI=1S/C19H18ClF2NO/c20-14-3-1-12(2-4-14)9-19-7-8-23-10-13(19)11-24-18-16(22)6-5-15(21)17(18)19/h1-6,13,23H,7-11H2/t13-,19+/m1/s1. The number of rotatable bonds is 2. The number of ether oxygens (including phenoxy) is 1. The maximum absolute atomic E-state index is 14.7. The fourth-order valence-electron chi connectivity index (χ4n) is 4.14. The van der Waals surface area contributed by atoms with Crippen LogP contribution in [-0.4, -0.2) is 19.7 Å². The normalized spacial score (nSPS) is 25.5. The van der Waals surface area contributed by atoms with Crippen LogP contribution < -0.4 is 10.1 Å². The third-order valence-electron chi connectivity index (χ3n) is 5.34. The smallest absolute Gasteiger partial charge is 0.165 e. The molecule has 1 saturated heterocycles. The van der Waals surface area contributed by atoms with Gasteiger partial charge in [-0.25, -0.2) is 8.78 Å². The zero-order valence-electron chi connectivity index (χ0n) is 13.1. The van der Waals surface area contributed by atoms with Gasteiger partial charge in [-0.1, -0.05) is 23.7 Å². The van der Waals surface area contributed by atoms with E-state index in [-0.39, 0.29) is 17.5 Å². The van der Waals surface area contributed by atoms with Crippen LogP contribution in [0.4, 0.5) is 8.78 Å². The molecule has 126 valence electrons. The van der Waals surface area contributed by atoms with E-state index in [1.54, 1.807) is 0 Å². The van der Waals surface area contributed by atoms with Crippen LogP contribution in [0.3, 0.4) is 0 Å². The summed E-state index contributed by atoms with van der Waals surface area (Å²) in [6.07, 6.45) is 1.39. The molecular weight excluding hydrogens is 332 g/mol. The summed E-state index contributed by atoms with van der Waals surface area (Å²) in [7, 11) is 0. The molecule has 0 radical (unpaired) electrons. The summed E-state index contributed by atoms with van der Waals surface area (Å²) in [6, 6.07) is 9.96. The SMILES string of the molecule is Fc1ccc(F)c2c1OC[C@H]1CNCC[C@@]21Cc1ccc(Cl)cc1. The minimum atomic E-state index is -0.487. The summed E-state index contributed by atoms with van der Waals surface area (Å²) in [5.74, 6) is -0.682. The molecule has 2 aromatic carbocycles. The highest BCUT2D eigenvalue weighted by Crippen LogP contribution is 2.49. The van der Waals surface area contributed by atoms with E-state index in [0.717, 1.165) is 31.1 Å². The van der Waals surface area contributed by atoms with Gasteiger partial charge in [-0.2, -0.15) is 0 Å². The van der Waals surface area contributed by atoms with Crippen molar-refractivity contribution in [1.82, 2.24) is 5.32 Å². The zero-order valence-corrected chi connectivity index (χ0v) is 13.9. The molecule has 0 saturated carbocycles. The van der Waals surface area contributed by atoms with Gasteiger partial charge in [-0.3, -0.25) is 0 Å². The molecule has 1 N–H and O–H groups in total. The molecule has 2 aromatic rings. The van der Waals surface area contributed by atoms with Gasteiger partial charge in [0.25, 0.3) is 0 Å². The number of halogens is 3. The monoisotopic (exact) mass is 349 g/mol. The van der Waals surface area contributed by atoms with Gasteiger partial charge in [0.05, 0.1) is 6.61 Å². The average molecular weight is 350 g/mol. The minimum absolute atomic E-state index is 0.0853. The van der Waals surface area contributed by atoms with E-state index < -0.39 is 11.2 Å². The Bertz CT molecular complexity index is 765. The summed E-state index contributed by atoms with van der Waals surface area (Å²) in [4.78, 5) is 0. The molecule has 2 aliphatic heterocycles. The zero-order chi connectivity index (χ0) is 16.7. The highest BCUT2D eigenvalue weighted by atomic mass is 35.5. The molecular formula is C19H18ClF2NO. The molecule has 0 bridgehead atoms. The predicted molar refractivity (Wildman–Crippen MR) is 89.7 cm³/mol. The predicted octanol–water partition coefficient (Wildman–Crippen LogP) is 4.10. The molecule has 0 amide bonds. The molecule has 2 aliphatic rings. The van der Waals surface area contributed by atoms with Gasteiger partial charge in [-0.15, -0.1) is 0 Å². The van der Waals surface area contributed by atoms with Gasteiger partial charge in [0.1, 0.15) is 5.82 Å². The third-order valence-corrected chi connectivity index (χ3v) is 5.59. The second kappa shape index (κ2) is 6.01. The molecule has 5 heteroatoms. The van der Waals surface area contributed by atoms with E-state index in [1.807, 2.05) is 24.3 Å². The second-order valence-electron chi connectivity index (χ2n) is 6.65. The summed E-state index contributed by atoms with van der Waals surface area (Å²) in [5, 5.41) is 4.02. The first-order valence-corrected chi connectivity index (χ1v) is 8.54. The van der Waals surface area contributed by atoms with Crippen molar-refractivity contribution in [2.75, 3.05) is 19.7 Å². The highest BCUT2D eigenvalue weighted by Gasteiger charge is 2.49. The summed E-state index contributed by atoms with van der Waals surface area (Å²) in [5.41, 5.74) is 1.01. The first-order valence-electron chi connectivity index (χ1n) is 8.16. The van der Waals surface area contributed by atoms with Crippen molar-refractivity contribution in [2.45, 2.75) is 18.3 Å². The van der Waals surface area contributed by atoms with Gasteiger partial charge in [0.2, 0.25) is 0 Å². The number of hydrogen-bond donors (Lipinski definition) is 1. The van der Waals surface area contributed by atoms with Crippen LogP contribution in [0, 0.1) is 17.6 Å². The van der Waals surface area contributed by atoms with Crippen molar-refractivity contribution in [1.29, 1.82) is 0 Å². The van der Waals surface area contributed by atoms with Gasteiger partial charge < -0.3 is 10.1 Å². The van der Waals surface area contributed by atoms with Crippen molar-refractivity contribution in [3.05, 3.63) is 64.2 Å². The highest BCUT2D eigenvalue weighted by molar-refractivity contribution is 6.30. The number of fused-ring (bicyclic) bond motifs is 3. The van der Waals surface area contributed by atoms with Gasteiger partial charge in [-0.05, 0) is 49.2 Å². The van der Waals surface area contributed by atoms with E-state index in [2.05, 4.69) is 5.32 Å². The van der Waals surface area contributed by atoms with E-state index in [9.17, 15) is 8.78 Å². The summed E-state index contributed by atoms with van der Waals surface area (Å²) in [6.45, 7) is 1.91. The maximum Gasteiger partial charge on any atom is 0.165 e. The minimum Gasteiger partial charge on any atom is -0.490 e. The summed E-state index contributed by atoms with van der Waals surface area (Å²) >= 11 is 5.98. The first kappa shape index (κ1) is 15.9. The fourth-order valence-corrected chi connectivity index (χ4v) is 4.27. The Hall–Kier alpha value is -1.65. The van der Waals surface area contributed by atoms with Crippen LogP contribution in [0.25, 0.3) is 0 Å².